The average molecular weight is 221 g/mol. The highest BCUT2D eigenvalue weighted by Crippen LogP contribution is 2.28. The fourth-order valence-corrected chi connectivity index (χ4v) is 2.15. The van der Waals surface area contributed by atoms with Gasteiger partial charge in [-0.05, 0) is 12.1 Å². The Labute approximate surface area is 101 Å². The van der Waals surface area contributed by atoms with Crippen molar-refractivity contribution >= 4 is 28.0 Å². The van der Waals surface area contributed by atoms with Crippen LogP contribution in [0.25, 0.3) is 28.0 Å². The fraction of sp³-hybridized carbons (Fsp3) is 0. The van der Waals surface area contributed by atoms with Crippen molar-refractivity contribution in [1.82, 2.24) is 4.57 Å². The molecule has 0 aliphatic rings. The average Bonchev–Trinajstić information content (AvgIpc) is 2.75. The number of hydrogen-bond donors (Lipinski definition) is 0. The quantitative estimate of drug-likeness (QED) is 0.525. The van der Waals surface area contributed by atoms with Crippen LogP contribution in [0.15, 0.2) is 68.3 Å². The van der Waals surface area contributed by atoms with E-state index in [1.807, 2.05) is 6.20 Å². The second kappa shape index (κ2) is 4.71. The third kappa shape index (κ3) is 1.66. The Morgan fingerprint density at radius 2 is 1.18 bits per heavy atom. The van der Waals surface area contributed by atoms with Crippen LogP contribution in [0.3, 0.4) is 0 Å². The maximum absolute atomic E-state index is 3.87. The summed E-state index contributed by atoms with van der Waals surface area (Å²) in [5, 5.41) is 2.57. The number of hydrogen-bond acceptors (Lipinski definition) is 0. The summed E-state index contributed by atoms with van der Waals surface area (Å²) in [6.45, 7) is 9.87. The molecule has 84 valence electrons. The van der Waals surface area contributed by atoms with E-state index in [1.165, 1.54) is 21.8 Å². The van der Waals surface area contributed by atoms with Crippen molar-refractivity contribution in [2.45, 2.75) is 0 Å². The maximum atomic E-state index is 3.87. The van der Waals surface area contributed by atoms with Gasteiger partial charge in [0.1, 0.15) is 0 Å². The Balaban J connectivity index is 0.000000514. The van der Waals surface area contributed by atoms with Crippen molar-refractivity contribution in [1.29, 1.82) is 0 Å². The van der Waals surface area contributed by atoms with Crippen molar-refractivity contribution in [3.8, 4) is 0 Å². The third-order valence-corrected chi connectivity index (χ3v) is 2.80. The van der Waals surface area contributed by atoms with Gasteiger partial charge in [-0.2, -0.15) is 0 Å². The molecule has 1 heteroatoms. The molecule has 0 saturated heterocycles. The highest BCUT2D eigenvalue weighted by Gasteiger charge is 2.06. The Kier molecular flexibility index (Phi) is 3.10. The minimum Gasteiger partial charge on any atom is -0.317 e. The van der Waals surface area contributed by atoms with E-state index >= 15 is 0 Å². The molecule has 0 saturated carbocycles. The van der Waals surface area contributed by atoms with Crippen molar-refractivity contribution in [3.05, 3.63) is 68.3 Å². The number of nitrogens with zero attached hydrogens (tertiary/aromatic N) is 1. The van der Waals surface area contributed by atoms with E-state index in [2.05, 4.69) is 72.8 Å². The molecule has 3 aromatic rings. The molecule has 0 bridgehead atoms. The summed E-state index contributed by atoms with van der Waals surface area (Å²) < 4.78 is 2.13. The molecule has 0 fully saturated rings. The third-order valence-electron chi connectivity index (χ3n) is 2.80. The molecule has 17 heavy (non-hydrogen) atoms. The van der Waals surface area contributed by atoms with Gasteiger partial charge in [0.05, 0.1) is 11.0 Å². The summed E-state index contributed by atoms with van der Waals surface area (Å²) in [5.41, 5.74) is 2.43. The van der Waals surface area contributed by atoms with Gasteiger partial charge in [-0.3, -0.25) is 0 Å². The molecule has 0 radical (unpaired) electrons. The number of aromatic nitrogens is 1. The number of benzene rings is 2. The molecule has 1 nitrogen and oxygen atoms in total. The minimum atomic E-state index is 1.22. The summed E-state index contributed by atoms with van der Waals surface area (Å²) in [6.07, 6.45) is 1.87. The summed E-state index contributed by atoms with van der Waals surface area (Å²) in [4.78, 5) is 0. The van der Waals surface area contributed by atoms with Crippen LogP contribution in [0.1, 0.15) is 0 Å². The van der Waals surface area contributed by atoms with E-state index in [0.717, 1.165) is 0 Å². The van der Waals surface area contributed by atoms with Crippen molar-refractivity contribution < 1.29 is 0 Å². The molecule has 0 atom stereocenters. The number of fused-ring (bicyclic) bond motifs is 3. The van der Waals surface area contributed by atoms with Gasteiger partial charge < -0.3 is 4.57 Å². The molecule has 0 unspecified atom stereocenters. The van der Waals surface area contributed by atoms with Crippen molar-refractivity contribution in [2.75, 3.05) is 0 Å². The zero-order valence-corrected chi connectivity index (χ0v) is 9.76. The van der Waals surface area contributed by atoms with Gasteiger partial charge in [0.25, 0.3) is 0 Å². The topological polar surface area (TPSA) is 4.93 Å². The van der Waals surface area contributed by atoms with Gasteiger partial charge in [-0.1, -0.05) is 43.0 Å². The lowest BCUT2D eigenvalue weighted by atomic mass is 10.2. The molecular formula is C16H15N. The Morgan fingerprint density at radius 1 is 0.765 bits per heavy atom. The molecular weight excluding hydrogens is 206 g/mol. The van der Waals surface area contributed by atoms with Crippen molar-refractivity contribution in [2.24, 2.45) is 0 Å². The minimum absolute atomic E-state index is 1.22. The van der Waals surface area contributed by atoms with Crippen LogP contribution in [0, 0.1) is 0 Å². The van der Waals surface area contributed by atoms with Gasteiger partial charge in [-0.15, -0.1) is 13.2 Å². The van der Waals surface area contributed by atoms with Gasteiger partial charge >= 0.3 is 0 Å². The molecule has 1 aromatic heterocycles. The highest BCUT2D eigenvalue weighted by atomic mass is 14.9. The van der Waals surface area contributed by atoms with E-state index in [1.54, 1.807) is 0 Å². The first-order chi connectivity index (χ1) is 8.42. The second-order valence-electron chi connectivity index (χ2n) is 3.59. The predicted molar refractivity (Wildman–Crippen MR) is 77.1 cm³/mol. The highest BCUT2D eigenvalue weighted by molar-refractivity contribution is 6.09. The zero-order chi connectivity index (χ0) is 12.3. The standard InChI is InChI=1S/C14H11N.C2H4/c1-2-15-13-9-5-3-7-11(13)12-8-4-6-10-14(12)15;1-2/h2-10H,1H2;1-2H2. The normalized spacial score (nSPS) is 9.88. The van der Waals surface area contributed by atoms with E-state index in [4.69, 9.17) is 0 Å². The lowest BCUT2D eigenvalue weighted by molar-refractivity contribution is 1.30. The molecule has 0 aliphatic carbocycles. The van der Waals surface area contributed by atoms with Crippen LogP contribution < -0.4 is 0 Å². The van der Waals surface area contributed by atoms with Crippen molar-refractivity contribution in [3.63, 3.8) is 0 Å². The number of rotatable bonds is 1. The molecule has 0 spiro atoms. The predicted octanol–water partition coefficient (Wildman–Crippen LogP) is 4.70. The molecule has 2 aromatic carbocycles. The largest absolute Gasteiger partial charge is 0.317 e. The summed E-state index contributed by atoms with van der Waals surface area (Å²) in [6, 6.07) is 16.8. The molecule has 1 heterocycles. The van der Waals surface area contributed by atoms with E-state index in [0.29, 0.717) is 0 Å². The van der Waals surface area contributed by atoms with Gasteiger partial charge in [0.2, 0.25) is 0 Å². The van der Waals surface area contributed by atoms with Crippen LogP contribution in [0.5, 0.6) is 0 Å². The zero-order valence-electron chi connectivity index (χ0n) is 9.76. The van der Waals surface area contributed by atoms with Crippen LogP contribution in [-0.2, 0) is 0 Å². The van der Waals surface area contributed by atoms with Crippen LogP contribution >= 0.6 is 0 Å². The fourth-order valence-electron chi connectivity index (χ4n) is 2.15. The first-order valence-corrected chi connectivity index (χ1v) is 5.52. The smallest absolute Gasteiger partial charge is 0.0534 e. The van der Waals surface area contributed by atoms with Gasteiger partial charge in [-0.25, -0.2) is 0 Å². The maximum Gasteiger partial charge on any atom is 0.0534 e. The Bertz CT molecular complexity index is 608. The molecule has 3 rings (SSSR count). The summed E-state index contributed by atoms with van der Waals surface area (Å²) in [5.74, 6) is 0. The van der Waals surface area contributed by atoms with E-state index in [-0.39, 0.29) is 0 Å². The SMILES string of the molecule is C=C.C=Cn1c2ccccc2c2ccccc21. The molecule has 0 amide bonds. The Hall–Kier alpha value is -2.28. The van der Waals surface area contributed by atoms with E-state index < -0.39 is 0 Å². The summed E-state index contributed by atoms with van der Waals surface area (Å²) >= 11 is 0. The molecule has 0 N–H and O–H groups in total. The van der Waals surface area contributed by atoms with Crippen LogP contribution in [-0.4, -0.2) is 4.57 Å². The Morgan fingerprint density at radius 3 is 1.59 bits per heavy atom. The molecule has 0 aliphatic heterocycles. The van der Waals surface area contributed by atoms with E-state index in [9.17, 15) is 0 Å². The van der Waals surface area contributed by atoms with Crippen LogP contribution in [0.4, 0.5) is 0 Å². The lowest BCUT2D eigenvalue weighted by Gasteiger charge is -1.97. The monoisotopic (exact) mass is 221 g/mol. The summed E-state index contributed by atoms with van der Waals surface area (Å²) in [7, 11) is 0. The van der Waals surface area contributed by atoms with Gasteiger partial charge in [0, 0.05) is 17.0 Å². The first-order valence-electron chi connectivity index (χ1n) is 5.52. The first kappa shape index (κ1) is 11.2. The second-order valence-corrected chi connectivity index (χ2v) is 3.59. The van der Waals surface area contributed by atoms with Crippen LogP contribution in [0.2, 0.25) is 0 Å². The number of para-hydroxylation sites is 2. The lowest BCUT2D eigenvalue weighted by Crippen LogP contribution is -1.82. The van der Waals surface area contributed by atoms with Gasteiger partial charge in [0.15, 0.2) is 0 Å².